The van der Waals surface area contributed by atoms with Crippen molar-refractivity contribution in [3.8, 4) is 0 Å². The van der Waals surface area contributed by atoms with Crippen molar-refractivity contribution in [2.24, 2.45) is 0 Å². The van der Waals surface area contributed by atoms with Gasteiger partial charge in [0.2, 0.25) is 0 Å². The number of rotatable bonds is 5. The predicted octanol–water partition coefficient (Wildman–Crippen LogP) is 0.764. The van der Waals surface area contributed by atoms with Crippen molar-refractivity contribution < 1.29 is 33.8 Å². The van der Waals surface area contributed by atoms with Crippen molar-refractivity contribution in [2.45, 2.75) is 24.3 Å². The van der Waals surface area contributed by atoms with E-state index in [1.165, 1.54) is 31.2 Å². The van der Waals surface area contributed by atoms with Gasteiger partial charge in [0.25, 0.3) is 5.08 Å². The number of hydrogen-bond acceptors (Lipinski definition) is 4. The number of aliphatic hydroxyl groups is 1. The minimum atomic E-state index is -5.50. The molecule has 0 amide bonds. The lowest BCUT2D eigenvalue weighted by Gasteiger charge is -2.36. The molecule has 1 unspecified atom stereocenters. The average Bonchev–Trinajstić information content (AvgIpc) is 2.29. The molecule has 0 aromatic heterocycles. The zero-order valence-electron chi connectivity index (χ0n) is 10.6. The highest BCUT2D eigenvalue weighted by atomic mass is 31.2. The van der Waals surface area contributed by atoms with Gasteiger partial charge in [-0.3, -0.25) is 9.13 Å². The molecule has 0 aliphatic heterocycles. The zero-order valence-corrected chi connectivity index (χ0v) is 12.4. The minimum absolute atomic E-state index is 0.0867. The molecule has 10 heteroatoms. The summed E-state index contributed by atoms with van der Waals surface area (Å²) in [5, 5.41) is 6.64. The minimum Gasteiger partial charge on any atom is -0.399 e. The lowest BCUT2D eigenvalue weighted by atomic mass is 9.96. The Labute approximate surface area is 115 Å². The van der Waals surface area contributed by atoms with E-state index in [1.54, 1.807) is 0 Å². The summed E-state index contributed by atoms with van der Waals surface area (Å²) in [4.78, 5) is 36.9. The van der Waals surface area contributed by atoms with Crippen LogP contribution in [-0.2, 0) is 9.13 Å². The topological polar surface area (TPSA) is 161 Å². The highest BCUT2D eigenvalue weighted by Gasteiger charge is 2.63. The van der Waals surface area contributed by atoms with Gasteiger partial charge >= 0.3 is 15.2 Å². The van der Waals surface area contributed by atoms with Gasteiger partial charge in [0, 0.05) is 11.6 Å². The summed E-state index contributed by atoms with van der Waals surface area (Å²) in [6, 6.07) is 5.55. The van der Waals surface area contributed by atoms with Gasteiger partial charge in [-0.1, -0.05) is 19.1 Å². The van der Waals surface area contributed by atoms with Crippen LogP contribution in [0.2, 0.25) is 0 Å². The fourth-order valence-electron chi connectivity index (χ4n) is 2.04. The summed E-state index contributed by atoms with van der Waals surface area (Å²) in [6.45, 7) is 1.46. The van der Waals surface area contributed by atoms with Crippen molar-refractivity contribution >= 4 is 20.9 Å². The molecule has 0 aliphatic rings. The van der Waals surface area contributed by atoms with Crippen LogP contribution in [0.15, 0.2) is 24.3 Å². The third-order valence-corrected chi connectivity index (χ3v) is 6.97. The molecular formula is C10H17NO7P2. The monoisotopic (exact) mass is 325 g/mol. The van der Waals surface area contributed by atoms with Crippen LogP contribution in [0.5, 0.6) is 0 Å². The molecule has 1 atom stereocenters. The van der Waals surface area contributed by atoms with E-state index in [4.69, 9.17) is 5.73 Å². The Bertz CT molecular complexity index is 539. The quantitative estimate of drug-likeness (QED) is 0.341. The van der Waals surface area contributed by atoms with Gasteiger partial charge in [-0.25, -0.2) is 0 Å². The van der Waals surface area contributed by atoms with Crippen molar-refractivity contribution in [1.29, 1.82) is 0 Å². The van der Waals surface area contributed by atoms with Gasteiger partial charge in [0.15, 0.2) is 0 Å². The number of nitrogen functional groups attached to an aromatic ring is 1. The van der Waals surface area contributed by atoms with E-state index in [-0.39, 0.29) is 12.0 Å². The molecule has 0 bridgehead atoms. The molecule has 0 aliphatic carbocycles. The zero-order chi connectivity index (χ0) is 15.8. The van der Waals surface area contributed by atoms with E-state index in [9.17, 15) is 33.8 Å². The molecule has 0 heterocycles. The van der Waals surface area contributed by atoms with Crippen LogP contribution in [0.25, 0.3) is 0 Å². The van der Waals surface area contributed by atoms with Crippen LogP contribution in [0.1, 0.15) is 24.8 Å². The molecule has 7 N–H and O–H groups in total. The summed E-state index contributed by atoms with van der Waals surface area (Å²) in [5.41, 5.74) is 6.03. The first-order valence-electron chi connectivity index (χ1n) is 5.64. The first kappa shape index (κ1) is 17.3. The Hall–Kier alpha value is -0.720. The maximum Gasteiger partial charge on any atom is 0.370 e. The molecule has 1 aromatic rings. The van der Waals surface area contributed by atoms with E-state index in [0.717, 1.165) is 0 Å². The summed E-state index contributed by atoms with van der Waals surface area (Å²) in [7, 11) is -11.0. The molecular weight excluding hydrogens is 308 g/mol. The summed E-state index contributed by atoms with van der Waals surface area (Å²) < 4.78 is 22.9. The van der Waals surface area contributed by atoms with Gasteiger partial charge < -0.3 is 30.4 Å². The summed E-state index contributed by atoms with van der Waals surface area (Å²) in [5.74, 6) is -1.44. The number of anilines is 1. The van der Waals surface area contributed by atoms with E-state index in [2.05, 4.69) is 0 Å². The number of nitrogens with two attached hydrogens (primary N) is 1. The van der Waals surface area contributed by atoms with E-state index in [1.807, 2.05) is 0 Å². The Morgan fingerprint density at radius 1 is 1.10 bits per heavy atom. The molecule has 0 saturated carbocycles. The van der Waals surface area contributed by atoms with E-state index in [0.29, 0.717) is 5.69 Å². The van der Waals surface area contributed by atoms with Crippen LogP contribution >= 0.6 is 15.2 Å². The Morgan fingerprint density at radius 2 is 1.50 bits per heavy atom. The molecule has 8 nitrogen and oxygen atoms in total. The molecule has 1 aromatic carbocycles. The Morgan fingerprint density at radius 3 is 1.80 bits per heavy atom. The fourth-order valence-corrected chi connectivity index (χ4v) is 4.87. The second-order valence-electron chi connectivity index (χ2n) is 4.40. The lowest BCUT2D eigenvalue weighted by molar-refractivity contribution is 0.104. The second kappa shape index (κ2) is 5.58. The SMILES string of the molecule is CCC(c1ccc(N)cc1)C(O)(P(=O)(O)O)P(=O)(O)O. The molecule has 114 valence electrons. The molecule has 0 spiro atoms. The van der Waals surface area contributed by atoms with Crippen molar-refractivity contribution in [3.63, 3.8) is 0 Å². The van der Waals surface area contributed by atoms with E-state index >= 15 is 0 Å². The first-order valence-corrected chi connectivity index (χ1v) is 8.86. The Balaban J connectivity index is 3.49. The normalized spacial score (nSPS) is 15.1. The predicted molar refractivity (Wildman–Crippen MR) is 72.9 cm³/mol. The maximum absolute atomic E-state index is 11.5. The van der Waals surface area contributed by atoms with Crippen molar-refractivity contribution in [2.75, 3.05) is 5.73 Å². The first-order chi connectivity index (χ1) is 8.95. The average molecular weight is 325 g/mol. The molecule has 0 saturated heterocycles. The fraction of sp³-hybridized carbons (Fsp3) is 0.400. The Kier molecular flexibility index (Phi) is 4.83. The van der Waals surface area contributed by atoms with Crippen LogP contribution in [-0.4, -0.2) is 29.8 Å². The van der Waals surface area contributed by atoms with Crippen LogP contribution < -0.4 is 5.73 Å². The number of hydrogen-bond donors (Lipinski definition) is 6. The maximum atomic E-state index is 11.5. The van der Waals surface area contributed by atoms with Gasteiger partial charge in [-0.05, 0) is 24.1 Å². The van der Waals surface area contributed by atoms with Gasteiger partial charge in [-0.2, -0.15) is 0 Å². The highest BCUT2D eigenvalue weighted by molar-refractivity contribution is 7.72. The van der Waals surface area contributed by atoms with Gasteiger partial charge in [0.05, 0.1) is 0 Å². The number of benzene rings is 1. The molecule has 1 rings (SSSR count). The lowest BCUT2D eigenvalue weighted by Crippen LogP contribution is -2.36. The third kappa shape index (κ3) is 2.97. The standard InChI is InChI=1S/C10H17NO7P2/c1-2-9(7-3-5-8(11)6-4-7)10(12,19(13,14)15)20(16,17)18/h3-6,9,12H,2,11H2,1H3,(H2,13,14,15)(H2,16,17,18). The molecule has 20 heavy (non-hydrogen) atoms. The molecule has 0 fully saturated rings. The highest BCUT2D eigenvalue weighted by Crippen LogP contribution is 2.72. The van der Waals surface area contributed by atoms with Crippen LogP contribution in [0, 0.1) is 0 Å². The van der Waals surface area contributed by atoms with Crippen LogP contribution in [0.3, 0.4) is 0 Å². The molecule has 0 radical (unpaired) electrons. The van der Waals surface area contributed by atoms with Crippen molar-refractivity contribution in [1.82, 2.24) is 0 Å². The summed E-state index contributed by atoms with van der Waals surface area (Å²) in [6.07, 6.45) is -0.0867. The third-order valence-electron chi connectivity index (χ3n) is 3.07. The largest absolute Gasteiger partial charge is 0.399 e. The van der Waals surface area contributed by atoms with Crippen molar-refractivity contribution in [3.05, 3.63) is 29.8 Å². The van der Waals surface area contributed by atoms with Crippen LogP contribution in [0.4, 0.5) is 5.69 Å². The second-order valence-corrected chi connectivity index (χ2v) is 8.30. The smallest absolute Gasteiger partial charge is 0.370 e. The van der Waals surface area contributed by atoms with Gasteiger partial charge in [0.1, 0.15) is 0 Å². The summed E-state index contributed by atoms with van der Waals surface area (Å²) >= 11 is 0. The van der Waals surface area contributed by atoms with Gasteiger partial charge in [-0.15, -0.1) is 0 Å². The van der Waals surface area contributed by atoms with E-state index < -0.39 is 26.2 Å².